The van der Waals surface area contributed by atoms with Crippen LogP contribution in [0.25, 0.3) is 11.1 Å². The number of hydrogen-bond donors (Lipinski definition) is 0. The minimum atomic E-state index is -4.83. The highest BCUT2D eigenvalue weighted by Gasteiger charge is 2.31. The Morgan fingerprint density at radius 1 is 0.786 bits per heavy atom. The molecule has 6 nitrogen and oxygen atoms in total. The van der Waals surface area contributed by atoms with Crippen LogP contribution in [-0.4, -0.2) is 18.2 Å². The molecular weight excluding hydrogens is 547 g/mol. The van der Waals surface area contributed by atoms with Gasteiger partial charge in [0, 0.05) is 0 Å². The number of anilines is 1. The Bertz CT molecular complexity index is 1530. The van der Waals surface area contributed by atoms with Crippen LogP contribution in [0.15, 0.2) is 97.1 Å². The lowest BCUT2D eigenvalue weighted by molar-refractivity contribution is -0.300. The van der Waals surface area contributed by atoms with Gasteiger partial charge < -0.3 is 19.4 Å². The van der Waals surface area contributed by atoms with E-state index < -0.39 is 18.2 Å². The van der Waals surface area contributed by atoms with Crippen molar-refractivity contribution in [1.29, 1.82) is 0 Å². The molecule has 42 heavy (non-hydrogen) atoms. The zero-order valence-electron chi connectivity index (χ0n) is 23.3. The molecule has 0 heterocycles. The highest BCUT2D eigenvalue weighted by molar-refractivity contribution is 6.36. The number of carbonyl (C=O) groups excluding carboxylic acids is 2. The quantitative estimate of drug-likeness (QED) is 0.227. The van der Waals surface area contributed by atoms with E-state index in [4.69, 9.17) is 4.74 Å². The summed E-state index contributed by atoms with van der Waals surface area (Å²) in [6.07, 6.45) is -4.83. The van der Waals surface area contributed by atoms with E-state index in [-0.39, 0.29) is 35.8 Å². The number of halogens is 3. The molecule has 1 amide bonds. The molecule has 0 atom stereocenters. The number of nitrogens with zero attached hydrogens (tertiary/aromatic N) is 1. The summed E-state index contributed by atoms with van der Waals surface area (Å²) in [6, 6.07) is 26.7. The molecule has 218 valence electrons. The Morgan fingerprint density at radius 2 is 1.40 bits per heavy atom. The summed E-state index contributed by atoms with van der Waals surface area (Å²) in [4.78, 5) is 25.7. The average Bonchev–Trinajstić information content (AvgIpc) is 2.94. The van der Waals surface area contributed by atoms with Crippen molar-refractivity contribution in [1.82, 2.24) is 0 Å². The average molecular weight is 577 g/mol. The van der Waals surface area contributed by atoms with Gasteiger partial charge in [0.25, 0.3) is 5.91 Å². The number of alkyl halides is 3. The van der Waals surface area contributed by atoms with Crippen molar-refractivity contribution in [2.45, 2.75) is 45.7 Å². The first kappa shape index (κ1) is 30.2. The maximum absolute atomic E-state index is 12.9. The Hall–Kier alpha value is -4.79. The first-order valence-corrected chi connectivity index (χ1v) is 13.1. The maximum atomic E-state index is 12.9. The van der Waals surface area contributed by atoms with Gasteiger partial charge in [0.15, 0.2) is 0 Å². The van der Waals surface area contributed by atoms with E-state index in [2.05, 4.69) is 25.5 Å². The predicted octanol–water partition coefficient (Wildman–Crippen LogP) is 6.41. The first-order chi connectivity index (χ1) is 19.8. The lowest BCUT2D eigenvalue weighted by Crippen LogP contribution is -2.44. The summed E-state index contributed by atoms with van der Waals surface area (Å²) in [5.74, 6) is -3.32. The molecule has 0 fully saturated rings. The number of hydrogen-bond acceptors (Lipinski definition) is 5. The number of carboxylic acids is 1. The van der Waals surface area contributed by atoms with Crippen molar-refractivity contribution in [3.8, 4) is 22.6 Å². The second-order valence-corrected chi connectivity index (χ2v) is 10.7. The van der Waals surface area contributed by atoms with E-state index >= 15 is 0 Å². The molecule has 0 aromatic heterocycles. The number of aliphatic carboxylic acids is 1. The van der Waals surface area contributed by atoms with Gasteiger partial charge in [0.1, 0.15) is 24.1 Å². The number of carbonyl (C=O) groups is 2. The number of ether oxygens (including phenoxy) is 2. The molecule has 0 aliphatic rings. The summed E-state index contributed by atoms with van der Waals surface area (Å²) in [6.45, 7) is 6.38. The van der Waals surface area contributed by atoms with Crippen LogP contribution in [0.1, 0.15) is 37.5 Å². The predicted molar refractivity (Wildman–Crippen MR) is 151 cm³/mol. The molecule has 0 radical (unpaired) electrons. The van der Waals surface area contributed by atoms with Crippen molar-refractivity contribution in [3.05, 3.63) is 114 Å². The van der Waals surface area contributed by atoms with E-state index in [0.717, 1.165) is 16.0 Å². The minimum absolute atomic E-state index is 0.0252. The third kappa shape index (κ3) is 7.90. The van der Waals surface area contributed by atoms with Gasteiger partial charge in [-0.05, 0) is 57.5 Å². The molecule has 0 bridgehead atoms. The molecule has 0 saturated carbocycles. The Morgan fingerprint density at radius 3 is 1.98 bits per heavy atom. The summed E-state index contributed by atoms with van der Waals surface area (Å²) in [5.41, 5.74) is 3.83. The molecule has 0 aliphatic heterocycles. The van der Waals surface area contributed by atoms with E-state index in [9.17, 15) is 27.9 Å². The number of amides is 1. The number of carboxylic acid groups (broad SMARTS) is 1. The minimum Gasteiger partial charge on any atom is -0.540 e. The van der Waals surface area contributed by atoms with Crippen LogP contribution >= 0.6 is 0 Å². The Kier molecular flexibility index (Phi) is 8.90. The molecule has 0 N–H and O–H groups in total. The van der Waals surface area contributed by atoms with Gasteiger partial charge in [-0.3, -0.25) is 9.69 Å². The summed E-state index contributed by atoms with van der Waals surface area (Å²) < 4.78 is 47.9. The van der Waals surface area contributed by atoms with Crippen LogP contribution in [0.5, 0.6) is 11.5 Å². The van der Waals surface area contributed by atoms with Gasteiger partial charge in [-0.1, -0.05) is 93.6 Å². The lowest BCUT2D eigenvalue weighted by atomic mass is 9.87. The van der Waals surface area contributed by atoms with Gasteiger partial charge in [-0.15, -0.1) is 13.2 Å². The van der Waals surface area contributed by atoms with Crippen molar-refractivity contribution in [3.63, 3.8) is 0 Å². The number of benzene rings is 4. The fourth-order valence-electron chi connectivity index (χ4n) is 4.28. The standard InChI is InChI=1S/C33H30F3NO5/c1-32(2,3)26-14-9-23(10-15-26)21-41-29-18-13-25(24-11-16-27(17-12-24)42-33(34,35)36)19-28(29)37(30(38)31(39)40)20-22-7-5-4-6-8-22/h4-19H,20-21H2,1-3H3,(H,39,40)/p-1. The van der Waals surface area contributed by atoms with E-state index in [1.165, 1.54) is 24.3 Å². The smallest absolute Gasteiger partial charge is 0.540 e. The third-order valence-electron chi connectivity index (χ3n) is 6.49. The highest BCUT2D eigenvalue weighted by Crippen LogP contribution is 2.36. The van der Waals surface area contributed by atoms with Gasteiger partial charge in [0.2, 0.25) is 0 Å². The van der Waals surface area contributed by atoms with Crippen LogP contribution in [0, 0.1) is 0 Å². The third-order valence-corrected chi connectivity index (χ3v) is 6.49. The molecule has 4 rings (SSSR count). The van der Waals surface area contributed by atoms with Crippen LogP contribution in [-0.2, 0) is 28.2 Å². The highest BCUT2D eigenvalue weighted by atomic mass is 19.4. The van der Waals surface area contributed by atoms with Gasteiger partial charge in [-0.25, -0.2) is 0 Å². The Labute approximate surface area is 241 Å². The van der Waals surface area contributed by atoms with Crippen LogP contribution < -0.4 is 19.5 Å². The van der Waals surface area contributed by atoms with Crippen LogP contribution in [0.2, 0.25) is 0 Å². The largest absolute Gasteiger partial charge is 0.573 e. The maximum Gasteiger partial charge on any atom is 0.573 e. The van der Waals surface area contributed by atoms with Gasteiger partial charge >= 0.3 is 6.36 Å². The fraction of sp³-hybridized carbons (Fsp3) is 0.212. The fourth-order valence-corrected chi connectivity index (χ4v) is 4.28. The summed E-state index contributed by atoms with van der Waals surface area (Å²) in [5, 5.41) is 11.8. The lowest BCUT2D eigenvalue weighted by Gasteiger charge is -2.26. The van der Waals surface area contributed by atoms with E-state index in [1.807, 2.05) is 24.3 Å². The first-order valence-electron chi connectivity index (χ1n) is 13.1. The van der Waals surface area contributed by atoms with Crippen molar-refractivity contribution < 1.29 is 37.3 Å². The van der Waals surface area contributed by atoms with Crippen molar-refractivity contribution in [2.75, 3.05) is 4.90 Å². The molecule has 4 aromatic rings. The molecule has 0 saturated heterocycles. The second-order valence-electron chi connectivity index (χ2n) is 10.7. The summed E-state index contributed by atoms with van der Waals surface area (Å²) >= 11 is 0. The zero-order chi connectivity index (χ0) is 30.5. The van der Waals surface area contributed by atoms with Gasteiger partial charge in [0.05, 0.1) is 12.2 Å². The molecule has 0 unspecified atom stereocenters. The zero-order valence-corrected chi connectivity index (χ0v) is 23.3. The van der Waals surface area contributed by atoms with Gasteiger partial charge in [-0.2, -0.15) is 0 Å². The monoisotopic (exact) mass is 576 g/mol. The SMILES string of the molecule is CC(C)(C)c1ccc(COc2ccc(-c3ccc(OC(F)(F)F)cc3)cc2N(Cc2ccccc2)C(=O)C(=O)[O-])cc1. The Balaban J connectivity index is 1.72. The van der Waals surface area contributed by atoms with Crippen molar-refractivity contribution >= 4 is 17.6 Å². The van der Waals surface area contributed by atoms with Crippen LogP contribution in [0.3, 0.4) is 0 Å². The molecule has 4 aromatic carbocycles. The second kappa shape index (κ2) is 12.4. The topological polar surface area (TPSA) is 78.9 Å². The molecule has 0 spiro atoms. The van der Waals surface area contributed by atoms with Crippen LogP contribution in [0.4, 0.5) is 18.9 Å². The van der Waals surface area contributed by atoms with E-state index in [1.54, 1.807) is 48.5 Å². The molecular formula is C33H29F3NO5-. The number of rotatable bonds is 8. The van der Waals surface area contributed by atoms with Crippen molar-refractivity contribution in [2.24, 2.45) is 0 Å². The molecule has 0 aliphatic carbocycles. The van der Waals surface area contributed by atoms with E-state index in [0.29, 0.717) is 16.7 Å². The normalized spacial score (nSPS) is 11.6. The molecule has 9 heteroatoms. The summed E-state index contributed by atoms with van der Waals surface area (Å²) in [7, 11) is 0.